The summed E-state index contributed by atoms with van der Waals surface area (Å²) in [6.07, 6.45) is 8.35. The lowest BCUT2D eigenvalue weighted by Gasteiger charge is -2.22. The predicted octanol–water partition coefficient (Wildman–Crippen LogP) is 5.21. The van der Waals surface area contributed by atoms with E-state index in [1.54, 1.807) is 0 Å². The van der Waals surface area contributed by atoms with Gasteiger partial charge in [-0.25, -0.2) is 0 Å². The van der Waals surface area contributed by atoms with Crippen LogP contribution in [0.5, 0.6) is 0 Å². The zero-order valence-electron chi connectivity index (χ0n) is 13.0. The second kappa shape index (κ2) is 8.74. The summed E-state index contributed by atoms with van der Waals surface area (Å²) in [5.41, 5.74) is 1.44. The number of hydrogen-bond acceptors (Lipinski definition) is 2. The van der Waals surface area contributed by atoms with Crippen molar-refractivity contribution < 1.29 is 0 Å². The lowest BCUT2D eigenvalue weighted by atomic mass is 9.95. The molecule has 0 radical (unpaired) electrons. The highest BCUT2D eigenvalue weighted by Gasteiger charge is 2.11. The minimum absolute atomic E-state index is 0.633. The number of nitrogens with one attached hydrogen (secondary N) is 1. The Hall–Kier alpha value is -0.470. The smallest absolute Gasteiger partial charge is 0.00721 e. The molecule has 0 saturated heterocycles. The van der Waals surface area contributed by atoms with E-state index in [0.717, 1.165) is 6.04 Å². The molecule has 112 valence electrons. The average Bonchev–Trinajstić information content (AvgIpc) is 2.48. The van der Waals surface area contributed by atoms with Gasteiger partial charge in [-0.2, -0.15) is 0 Å². The quantitative estimate of drug-likeness (QED) is 0.546. The van der Waals surface area contributed by atoms with Crippen molar-refractivity contribution >= 4 is 11.8 Å². The van der Waals surface area contributed by atoms with Gasteiger partial charge in [-0.05, 0) is 55.2 Å². The van der Waals surface area contributed by atoms with E-state index in [1.807, 2.05) is 11.8 Å². The van der Waals surface area contributed by atoms with Crippen LogP contribution in [0.25, 0.3) is 0 Å². The summed E-state index contributed by atoms with van der Waals surface area (Å²) in [6, 6.07) is 9.89. The van der Waals surface area contributed by atoms with Crippen LogP contribution in [-0.4, -0.2) is 18.3 Å². The Kier molecular flexibility index (Phi) is 6.95. The molecule has 2 rings (SSSR count). The molecule has 0 amide bonds. The number of rotatable bonds is 7. The third-order valence-corrected chi connectivity index (χ3v) is 5.27. The van der Waals surface area contributed by atoms with Crippen LogP contribution >= 0.6 is 11.8 Å². The van der Waals surface area contributed by atoms with Crippen molar-refractivity contribution in [2.75, 3.05) is 12.3 Å². The molecular formula is C18H29NS. The van der Waals surface area contributed by atoms with Gasteiger partial charge < -0.3 is 5.32 Å². The average molecular weight is 292 g/mol. The molecule has 0 aliphatic heterocycles. The van der Waals surface area contributed by atoms with Gasteiger partial charge in [0.05, 0.1) is 0 Å². The molecule has 1 aliphatic rings. The van der Waals surface area contributed by atoms with Crippen LogP contribution in [0, 0.1) is 0 Å². The van der Waals surface area contributed by atoms with Crippen molar-refractivity contribution in [1.82, 2.24) is 5.32 Å². The molecule has 0 atom stereocenters. The Balaban J connectivity index is 1.58. The van der Waals surface area contributed by atoms with Gasteiger partial charge >= 0.3 is 0 Å². The Morgan fingerprint density at radius 3 is 2.45 bits per heavy atom. The van der Waals surface area contributed by atoms with Gasteiger partial charge in [0.15, 0.2) is 0 Å². The van der Waals surface area contributed by atoms with Gasteiger partial charge in [-0.1, -0.05) is 45.2 Å². The van der Waals surface area contributed by atoms with E-state index in [4.69, 9.17) is 0 Å². The lowest BCUT2D eigenvalue weighted by molar-refractivity contribution is 0.375. The number of hydrogen-bond donors (Lipinski definition) is 1. The van der Waals surface area contributed by atoms with Crippen molar-refractivity contribution in [2.24, 2.45) is 0 Å². The fourth-order valence-corrected chi connectivity index (χ4v) is 3.68. The van der Waals surface area contributed by atoms with Crippen molar-refractivity contribution in [3.05, 3.63) is 29.8 Å². The molecule has 0 bridgehead atoms. The Morgan fingerprint density at radius 1 is 1.10 bits per heavy atom. The Labute approximate surface area is 128 Å². The van der Waals surface area contributed by atoms with Crippen molar-refractivity contribution in [3.8, 4) is 0 Å². The number of benzene rings is 1. The highest BCUT2D eigenvalue weighted by molar-refractivity contribution is 7.99. The fourth-order valence-electron chi connectivity index (χ4n) is 2.82. The van der Waals surface area contributed by atoms with Gasteiger partial charge in [-0.3, -0.25) is 0 Å². The summed E-state index contributed by atoms with van der Waals surface area (Å²) >= 11 is 1.99. The van der Waals surface area contributed by atoms with Crippen LogP contribution < -0.4 is 5.32 Å². The first kappa shape index (κ1) is 15.9. The Morgan fingerprint density at radius 2 is 1.80 bits per heavy atom. The van der Waals surface area contributed by atoms with Crippen LogP contribution in [0.2, 0.25) is 0 Å². The molecule has 1 N–H and O–H groups in total. The van der Waals surface area contributed by atoms with Gasteiger partial charge in [0.2, 0.25) is 0 Å². The largest absolute Gasteiger partial charge is 0.314 e. The number of thioether (sulfide) groups is 1. The van der Waals surface area contributed by atoms with Crippen LogP contribution in [-0.2, 0) is 0 Å². The van der Waals surface area contributed by atoms with E-state index in [2.05, 4.69) is 43.4 Å². The molecule has 0 aromatic heterocycles. The third-order valence-electron chi connectivity index (χ3n) is 4.17. The monoisotopic (exact) mass is 291 g/mol. The van der Waals surface area contributed by atoms with Crippen LogP contribution in [0.15, 0.2) is 29.2 Å². The predicted molar refractivity (Wildman–Crippen MR) is 90.7 cm³/mol. The van der Waals surface area contributed by atoms with Crippen LogP contribution in [0.3, 0.4) is 0 Å². The van der Waals surface area contributed by atoms with E-state index >= 15 is 0 Å². The molecule has 1 aromatic carbocycles. The van der Waals surface area contributed by atoms with Crippen molar-refractivity contribution in [1.29, 1.82) is 0 Å². The van der Waals surface area contributed by atoms with Gasteiger partial charge in [-0.15, -0.1) is 11.8 Å². The van der Waals surface area contributed by atoms with E-state index in [-0.39, 0.29) is 0 Å². The first-order valence-corrected chi connectivity index (χ1v) is 9.20. The molecule has 0 spiro atoms. The second-order valence-corrected chi connectivity index (χ2v) is 7.38. The van der Waals surface area contributed by atoms with Gasteiger partial charge in [0, 0.05) is 10.9 Å². The Bertz CT molecular complexity index is 366. The molecule has 1 fully saturated rings. The maximum absolute atomic E-state index is 3.72. The standard InChI is InChI=1S/C18H29NS/c1-15(2)16-9-11-18(12-10-16)20-14-6-13-19-17-7-4-3-5-8-17/h9-12,15,17,19H,3-8,13-14H2,1-2H3. The minimum atomic E-state index is 0.633. The van der Waals surface area contributed by atoms with Crippen LogP contribution in [0.1, 0.15) is 63.9 Å². The van der Waals surface area contributed by atoms with E-state index in [0.29, 0.717) is 5.92 Å². The fraction of sp³-hybridized carbons (Fsp3) is 0.667. The molecular weight excluding hydrogens is 262 g/mol. The first-order valence-electron chi connectivity index (χ1n) is 8.22. The molecule has 2 heteroatoms. The minimum Gasteiger partial charge on any atom is -0.314 e. The maximum atomic E-state index is 3.72. The van der Waals surface area contributed by atoms with E-state index in [9.17, 15) is 0 Å². The molecule has 0 unspecified atom stereocenters. The third kappa shape index (κ3) is 5.49. The summed E-state index contributed by atoms with van der Waals surface area (Å²) in [5.74, 6) is 1.86. The summed E-state index contributed by atoms with van der Waals surface area (Å²) < 4.78 is 0. The first-order chi connectivity index (χ1) is 9.75. The van der Waals surface area contributed by atoms with Gasteiger partial charge in [0.1, 0.15) is 0 Å². The molecule has 1 saturated carbocycles. The molecule has 1 nitrogen and oxygen atoms in total. The van der Waals surface area contributed by atoms with Crippen LogP contribution in [0.4, 0.5) is 0 Å². The second-order valence-electron chi connectivity index (χ2n) is 6.21. The summed E-state index contributed by atoms with van der Waals surface area (Å²) in [4.78, 5) is 1.41. The van der Waals surface area contributed by atoms with Crippen molar-refractivity contribution in [2.45, 2.75) is 69.2 Å². The highest BCUT2D eigenvalue weighted by atomic mass is 32.2. The topological polar surface area (TPSA) is 12.0 Å². The zero-order chi connectivity index (χ0) is 14.2. The zero-order valence-corrected chi connectivity index (χ0v) is 13.8. The molecule has 20 heavy (non-hydrogen) atoms. The SMILES string of the molecule is CC(C)c1ccc(SCCCNC2CCCCC2)cc1. The van der Waals surface area contributed by atoms with Gasteiger partial charge in [0.25, 0.3) is 0 Å². The lowest BCUT2D eigenvalue weighted by Crippen LogP contribution is -2.31. The summed E-state index contributed by atoms with van der Waals surface area (Å²) in [7, 11) is 0. The normalized spacial score (nSPS) is 16.8. The molecule has 0 heterocycles. The van der Waals surface area contributed by atoms with E-state index in [1.165, 1.54) is 61.3 Å². The summed E-state index contributed by atoms with van der Waals surface area (Å²) in [6.45, 7) is 5.68. The van der Waals surface area contributed by atoms with Crippen molar-refractivity contribution in [3.63, 3.8) is 0 Å². The van der Waals surface area contributed by atoms with E-state index < -0.39 is 0 Å². The molecule has 1 aliphatic carbocycles. The highest BCUT2D eigenvalue weighted by Crippen LogP contribution is 2.22. The molecule has 1 aromatic rings. The maximum Gasteiger partial charge on any atom is 0.00721 e. The summed E-state index contributed by atoms with van der Waals surface area (Å²) in [5, 5.41) is 3.72.